The van der Waals surface area contributed by atoms with Crippen LogP contribution in [0.2, 0.25) is 0 Å². The second kappa shape index (κ2) is 3.12. The van der Waals surface area contributed by atoms with Crippen molar-refractivity contribution in [3.05, 3.63) is 17.5 Å². The first-order chi connectivity index (χ1) is 8.26. The van der Waals surface area contributed by atoms with Gasteiger partial charge < -0.3 is 10.1 Å². The molecule has 1 saturated heterocycles. The lowest BCUT2D eigenvalue weighted by atomic mass is 9.85. The highest BCUT2D eigenvalue weighted by Crippen LogP contribution is 2.52. The predicted molar refractivity (Wildman–Crippen MR) is 63.9 cm³/mol. The summed E-state index contributed by atoms with van der Waals surface area (Å²) < 4.78 is 8.65. The molecule has 0 amide bonds. The van der Waals surface area contributed by atoms with E-state index in [0.29, 0.717) is 0 Å². The third-order valence-electron chi connectivity index (χ3n) is 4.69. The van der Waals surface area contributed by atoms with Gasteiger partial charge in [-0.25, -0.2) is 0 Å². The van der Waals surface area contributed by atoms with E-state index in [1.54, 1.807) is 0 Å². The molecule has 0 unspecified atom stereocenters. The normalized spacial score (nSPS) is 28.3. The molecule has 0 bridgehead atoms. The highest BCUT2D eigenvalue weighted by atomic mass is 16.5. The van der Waals surface area contributed by atoms with Crippen molar-refractivity contribution in [2.45, 2.75) is 43.7 Å². The molecule has 1 aromatic heterocycles. The third kappa shape index (κ3) is 1.23. The van der Waals surface area contributed by atoms with E-state index in [4.69, 9.17) is 4.74 Å². The monoisotopic (exact) mass is 233 g/mol. The summed E-state index contributed by atoms with van der Waals surface area (Å²) in [5.74, 6) is 0. The number of rotatable bonds is 0. The summed E-state index contributed by atoms with van der Waals surface area (Å²) in [6, 6.07) is 0. The molecule has 3 heterocycles. The van der Waals surface area contributed by atoms with E-state index in [1.807, 2.05) is 6.20 Å². The number of nitrogens with one attached hydrogen (secondary N) is 1. The van der Waals surface area contributed by atoms with Crippen LogP contribution in [0.1, 0.15) is 36.9 Å². The highest BCUT2D eigenvalue weighted by Gasteiger charge is 2.55. The van der Waals surface area contributed by atoms with Gasteiger partial charge >= 0.3 is 0 Å². The van der Waals surface area contributed by atoms with E-state index in [0.717, 1.165) is 32.5 Å². The molecule has 1 N–H and O–H groups in total. The van der Waals surface area contributed by atoms with Gasteiger partial charge in [-0.2, -0.15) is 5.10 Å². The molecular weight excluding hydrogens is 214 g/mol. The van der Waals surface area contributed by atoms with Gasteiger partial charge in [0.15, 0.2) is 0 Å². The molecule has 0 aromatic carbocycles. The maximum atomic E-state index is 6.35. The Kier molecular flexibility index (Phi) is 1.85. The summed E-state index contributed by atoms with van der Waals surface area (Å²) in [7, 11) is 0. The SMILES string of the molecule is Cc1cnn2c1C1(CCNCC1)OCC21CC1. The fourth-order valence-electron chi connectivity index (χ4n) is 3.46. The average Bonchev–Trinajstić information content (AvgIpc) is 3.03. The Labute approximate surface area is 101 Å². The molecular formula is C13H19N3O. The maximum absolute atomic E-state index is 6.35. The van der Waals surface area contributed by atoms with E-state index < -0.39 is 0 Å². The van der Waals surface area contributed by atoms with E-state index >= 15 is 0 Å². The molecule has 92 valence electrons. The molecule has 4 rings (SSSR count). The number of piperidine rings is 1. The van der Waals surface area contributed by atoms with Crippen molar-refractivity contribution in [3.63, 3.8) is 0 Å². The molecule has 4 heteroatoms. The van der Waals surface area contributed by atoms with Crippen molar-refractivity contribution in [2.75, 3.05) is 19.7 Å². The summed E-state index contributed by atoms with van der Waals surface area (Å²) in [6.07, 6.45) is 6.64. The zero-order valence-corrected chi connectivity index (χ0v) is 10.3. The smallest absolute Gasteiger partial charge is 0.112 e. The van der Waals surface area contributed by atoms with Crippen molar-refractivity contribution >= 4 is 0 Å². The molecule has 1 aliphatic carbocycles. The van der Waals surface area contributed by atoms with E-state index in [-0.39, 0.29) is 11.1 Å². The Morgan fingerprint density at radius 2 is 2.06 bits per heavy atom. The second-order valence-electron chi connectivity index (χ2n) is 5.85. The minimum absolute atomic E-state index is 0.0559. The van der Waals surface area contributed by atoms with Crippen LogP contribution >= 0.6 is 0 Å². The second-order valence-corrected chi connectivity index (χ2v) is 5.85. The lowest BCUT2D eigenvalue weighted by Crippen LogP contribution is -2.50. The fraction of sp³-hybridized carbons (Fsp3) is 0.769. The van der Waals surface area contributed by atoms with E-state index in [9.17, 15) is 0 Å². The fourth-order valence-corrected chi connectivity index (χ4v) is 3.46. The van der Waals surface area contributed by atoms with Gasteiger partial charge in [-0.05, 0) is 51.3 Å². The predicted octanol–water partition coefficient (Wildman–Crippen LogP) is 1.29. The topological polar surface area (TPSA) is 39.1 Å². The van der Waals surface area contributed by atoms with E-state index in [2.05, 4.69) is 22.0 Å². The quantitative estimate of drug-likeness (QED) is 0.734. The average molecular weight is 233 g/mol. The van der Waals surface area contributed by atoms with Gasteiger partial charge in [-0.15, -0.1) is 0 Å². The molecule has 1 saturated carbocycles. The molecule has 2 aliphatic heterocycles. The minimum atomic E-state index is -0.0559. The zero-order chi connectivity index (χ0) is 11.5. The molecule has 3 aliphatic rings. The number of nitrogens with zero attached hydrogens (tertiary/aromatic N) is 2. The molecule has 2 fully saturated rings. The van der Waals surface area contributed by atoms with Crippen molar-refractivity contribution in [1.82, 2.24) is 15.1 Å². The van der Waals surface area contributed by atoms with Gasteiger partial charge in [-0.3, -0.25) is 4.68 Å². The summed E-state index contributed by atoms with van der Waals surface area (Å²) >= 11 is 0. The number of fused-ring (bicyclic) bond motifs is 3. The number of hydrogen-bond donors (Lipinski definition) is 1. The standard InChI is InChI=1S/C13H19N3O/c1-10-8-15-16-11(10)13(4-6-14-7-5-13)17-9-12(16)2-3-12/h8,14H,2-7,9H2,1H3. The third-order valence-corrected chi connectivity index (χ3v) is 4.69. The van der Waals surface area contributed by atoms with Gasteiger partial charge in [0.25, 0.3) is 0 Å². The van der Waals surface area contributed by atoms with Crippen LogP contribution in [0.25, 0.3) is 0 Å². The minimum Gasteiger partial charge on any atom is -0.366 e. The van der Waals surface area contributed by atoms with Crippen LogP contribution in [0.5, 0.6) is 0 Å². The Morgan fingerprint density at radius 1 is 1.29 bits per heavy atom. The maximum Gasteiger partial charge on any atom is 0.112 e. The van der Waals surface area contributed by atoms with Crippen LogP contribution in [0.3, 0.4) is 0 Å². The molecule has 0 atom stereocenters. The van der Waals surface area contributed by atoms with Crippen LogP contribution in [0.15, 0.2) is 6.20 Å². The Hall–Kier alpha value is -0.870. The van der Waals surface area contributed by atoms with Crippen LogP contribution in [0.4, 0.5) is 0 Å². The number of ether oxygens (including phenoxy) is 1. The van der Waals surface area contributed by atoms with Crippen molar-refractivity contribution in [1.29, 1.82) is 0 Å². The van der Waals surface area contributed by atoms with Gasteiger partial charge in [0.2, 0.25) is 0 Å². The summed E-state index contributed by atoms with van der Waals surface area (Å²) in [4.78, 5) is 0. The van der Waals surface area contributed by atoms with Crippen molar-refractivity contribution in [3.8, 4) is 0 Å². The van der Waals surface area contributed by atoms with Crippen molar-refractivity contribution in [2.24, 2.45) is 0 Å². The van der Waals surface area contributed by atoms with Gasteiger partial charge in [0, 0.05) is 0 Å². The molecule has 0 radical (unpaired) electrons. The summed E-state index contributed by atoms with van der Waals surface area (Å²) in [6.45, 7) is 5.14. The van der Waals surface area contributed by atoms with Gasteiger partial charge in [0.05, 0.1) is 24.0 Å². The number of hydrogen-bond acceptors (Lipinski definition) is 3. The zero-order valence-electron chi connectivity index (χ0n) is 10.3. The van der Waals surface area contributed by atoms with Gasteiger partial charge in [0.1, 0.15) is 5.60 Å². The lowest BCUT2D eigenvalue weighted by Gasteiger charge is -2.44. The lowest BCUT2D eigenvalue weighted by molar-refractivity contribution is -0.118. The highest BCUT2D eigenvalue weighted by molar-refractivity contribution is 5.29. The summed E-state index contributed by atoms with van der Waals surface area (Å²) in [5.41, 5.74) is 2.83. The number of aromatic nitrogens is 2. The van der Waals surface area contributed by atoms with Crippen LogP contribution < -0.4 is 5.32 Å². The first kappa shape index (κ1) is 10.1. The first-order valence-electron chi connectivity index (χ1n) is 6.66. The Morgan fingerprint density at radius 3 is 2.76 bits per heavy atom. The summed E-state index contributed by atoms with van der Waals surface area (Å²) in [5, 5.41) is 8.06. The van der Waals surface area contributed by atoms with Crippen LogP contribution in [-0.4, -0.2) is 29.5 Å². The van der Waals surface area contributed by atoms with Gasteiger partial charge in [-0.1, -0.05) is 0 Å². The van der Waals surface area contributed by atoms with Crippen molar-refractivity contribution < 1.29 is 4.74 Å². The van der Waals surface area contributed by atoms with E-state index in [1.165, 1.54) is 24.1 Å². The van der Waals surface area contributed by atoms with Crippen LogP contribution in [0, 0.1) is 6.92 Å². The van der Waals surface area contributed by atoms with Crippen LogP contribution in [-0.2, 0) is 15.9 Å². The largest absolute Gasteiger partial charge is 0.366 e. The molecule has 17 heavy (non-hydrogen) atoms. The molecule has 1 aromatic rings. The Bertz CT molecular complexity index is 455. The Balaban J connectivity index is 1.86. The number of aryl methyl sites for hydroxylation is 1. The first-order valence-corrected chi connectivity index (χ1v) is 6.66. The molecule has 2 spiro atoms. The molecule has 4 nitrogen and oxygen atoms in total.